The molecule has 0 aliphatic heterocycles. The van der Waals surface area contributed by atoms with E-state index >= 15 is 0 Å². The van der Waals surface area contributed by atoms with Gasteiger partial charge in [0.05, 0.1) is 29.4 Å². The van der Waals surface area contributed by atoms with E-state index in [1.54, 1.807) is 31.5 Å². The van der Waals surface area contributed by atoms with Crippen molar-refractivity contribution in [2.45, 2.75) is 33.0 Å². The van der Waals surface area contributed by atoms with Gasteiger partial charge in [-0.3, -0.25) is 4.79 Å². The van der Waals surface area contributed by atoms with Gasteiger partial charge in [0, 0.05) is 31.9 Å². The van der Waals surface area contributed by atoms with Gasteiger partial charge in [-0.25, -0.2) is 9.98 Å². The van der Waals surface area contributed by atoms with Gasteiger partial charge in [-0.2, -0.15) is 13.2 Å². The Bertz CT molecular complexity index is 880. The lowest BCUT2D eigenvalue weighted by Gasteiger charge is -2.15. The highest BCUT2D eigenvalue weighted by Gasteiger charge is 2.30. The van der Waals surface area contributed by atoms with Crippen LogP contribution in [0.4, 0.5) is 13.2 Å². The third kappa shape index (κ3) is 9.01. The van der Waals surface area contributed by atoms with Crippen LogP contribution in [0.1, 0.15) is 26.7 Å². The Labute approximate surface area is 201 Å². The number of halogens is 4. The number of rotatable bonds is 7. The van der Waals surface area contributed by atoms with Crippen LogP contribution >= 0.6 is 35.3 Å². The Morgan fingerprint density at radius 3 is 2.52 bits per heavy atom. The second-order valence-electron chi connectivity index (χ2n) is 6.93. The van der Waals surface area contributed by atoms with Gasteiger partial charge in [-0.1, -0.05) is 12.1 Å². The van der Waals surface area contributed by atoms with Crippen LogP contribution in [-0.2, 0) is 23.9 Å². The van der Waals surface area contributed by atoms with Crippen LogP contribution in [0.3, 0.4) is 0 Å². The van der Waals surface area contributed by atoms with Crippen molar-refractivity contribution in [2.75, 3.05) is 27.2 Å². The lowest BCUT2D eigenvalue weighted by Crippen LogP contribution is -2.43. The lowest BCUT2D eigenvalue weighted by atomic mass is 10.1. The second-order valence-corrected chi connectivity index (χ2v) is 8.22. The van der Waals surface area contributed by atoms with Gasteiger partial charge in [0.2, 0.25) is 5.91 Å². The Balaban J connectivity index is 0.00000480. The van der Waals surface area contributed by atoms with Crippen LogP contribution in [-0.4, -0.2) is 48.9 Å². The number of carbonyl (C=O) groups is 1. The molecule has 1 aromatic carbocycles. The third-order valence-electron chi connectivity index (χ3n) is 4.28. The van der Waals surface area contributed by atoms with Crippen molar-refractivity contribution in [1.29, 1.82) is 0 Å². The smallest absolute Gasteiger partial charge is 0.356 e. The molecular formula is C20H27F3IN5OS. The van der Waals surface area contributed by atoms with Crippen LogP contribution in [0.5, 0.6) is 0 Å². The molecule has 2 aromatic rings. The second kappa shape index (κ2) is 12.2. The van der Waals surface area contributed by atoms with Gasteiger partial charge in [0.15, 0.2) is 5.96 Å². The zero-order chi connectivity index (χ0) is 22.3. The number of likely N-dealkylation sites (N-methyl/N-ethyl adjacent to an activating group) is 1. The highest BCUT2D eigenvalue weighted by Crippen LogP contribution is 2.29. The molecule has 0 saturated carbocycles. The predicted molar refractivity (Wildman–Crippen MR) is 128 cm³/mol. The lowest BCUT2D eigenvalue weighted by molar-refractivity contribution is -0.137. The summed E-state index contributed by atoms with van der Waals surface area (Å²) >= 11 is 1.62. The van der Waals surface area contributed by atoms with E-state index in [9.17, 15) is 18.0 Å². The fourth-order valence-electron chi connectivity index (χ4n) is 2.44. The topological polar surface area (TPSA) is 69.6 Å². The van der Waals surface area contributed by atoms with Gasteiger partial charge >= 0.3 is 6.18 Å². The molecule has 0 atom stereocenters. The first kappa shape index (κ1) is 27.1. The van der Waals surface area contributed by atoms with Crippen molar-refractivity contribution in [3.05, 3.63) is 51.0 Å². The summed E-state index contributed by atoms with van der Waals surface area (Å²) in [4.78, 5) is 23.3. The number of guanidine groups is 1. The van der Waals surface area contributed by atoms with Gasteiger partial charge < -0.3 is 15.5 Å². The largest absolute Gasteiger partial charge is 0.416 e. The standard InChI is InChI=1S/C20H26F3N5OS.HI/c1-13-14(2)30-17(27-13)8-9-24-19(26-12-18(29)28(3)4)25-11-15-6-5-7-16(10-15)20(21,22)23;/h5-7,10H,8-9,11-12H2,1-4H3,(H2,24,25,26);1H. The maximum atomic E-state index is 12.9. The van der Waals surface area contributed by atoms with Crippen LogP contribution < -0.4 is 10.6 Å². The zero-order valence-electron chi connectivity index (χ0n) is 17.8. The van der Waals surface area contributed by atoms with Crippen LogP contribution in [0.15, 0.2) is 29.3 Å². The fraction of sp³-hybridized carbons (Fsp3) is 0.450. The molecule has 0 bridgehead atoms. The van der Waals surface area contributed by atoms with E-state index in [-0.39, 0.29) is 43.0 Å². The average molecular weight is 569 g/mol. The van der Waals surface area contributed by atoms with E-state index in [1.807, 2.05) is 13.8 Å². The molecule has 1 heterocycles. The average Bonchev–Trinajstić information content (AvgIpc) is 3.00. The Hall–Kier alpha value is -1.89. The summed E-state index contributed by atoms with van der Waals surface area (Å²) < 4.78 is 38.7. The first-order valence-electron chi connectivity index (χ1n) is 9.37. The summed E-state index contributed by atoms with van der Waals surface area (Å²) in [6.45, 7) is 4.57. The molecule has 0 saturated heterocycles. The van der Waals surface area contributed by atoms with Crippen molar-refractivity contribution in [2.24, 2.45) is 4.99 Å². The molecule has 0 fully saturated rings. The summed E-state index contributed by atoms with van der Waals surface area (Å²) in [6.07, 6.45) is -3.73. The number of thiazole rings is 1. The van der Waals surface area contributed by atoms with Gasteiger partial charge in [-0.05, 0) is 31.5 Å². The molecule has 0 radical (unpaired) electrons. The zero-order valence-corrected chi connectivity index (χ0v) is 21.0. The number of hydrogen-bond acceptors (Lipinski definition) is 4. The molecular weight excluding hydrogens is 542 g/mol. The minimum atomic E-state index is -4.40. The quantitative estimate of drug-likeness (QED) is 0.303. The summed E-state index contributed by atoms with van der Waals surface area (Å²) in [5.41, 5.74) is 0.717. The third-order valence-corrected chi connectivity index (χ3v) is 5.42. The summed E-state index contributed by atoms with van der Waals surface area (Å²) in [7, 11) is 3.29. The van der Waals surface area contributed by atoms with Crippen molar-refractivity contribution in [3.8, 4) is 0 Å². The van der Waals surface area contributed by atoms with Crippen LogP contribution in [0.25, 0.3) is 0 Å². The summed E-state index contributed by atoms with van der Waals surface area (Å²) in [5.74, 6) is 0.211. The first-order chi connectivity index (χ1) is 14.1. The van der Waals surface area contributed by atoms with Crippen molar-refractivity contribution >= 4 is 47.2 Å². The predicted octanol–water partition coefficient (Wildman–Crippen LogP) is 3.76. The van der Waals surface area contributed by atoms with Crippen molar-refractivity contribution in [1.82, 2.24) is 20.5 Å². The van der Waals surface area contributed by atoms with Gasteiger partial charge in [-0.15, -0.1) is 35.3 Å². The number of nitrogens with one attached hydrogen (secondary N) is 2. The first-order valence-corrected chi connectivity index (χ1v) is 10.2. The fourth-order valence-corrected chi connectivity index (χ4v) is 3.38. The van der Waals surface area contributed by atoms with E-state index in [1.165, 1.54) is 11.0 Å². The number of alkyl halides is 3. The highest BCUT2D eigenvalue weighted by atomic mass is 127. The molecule has 0 unspecified atom stereocenters. The molecule has 0 spiro atoms. The number of carbonyl (C=O) groups excluding carboxylic acids is 1. The van der Waals surface area contributed by atoms with E-state index in [0.717, 1.165) is 27.7 Å². The van der Waals surface area contributed by atoms with Gasteiger partial charge in [0.25, 0.3) is 0 Å². The van der Waals surface area contributed by atoms with E-state index < -0.39 is 11.7 Å². The molecule has 2 N–H and O–H groups in total. The molecule has 6 nitrogen and oxygen atoms in total. The van der Waals surface area contributed by atoms with Crippen molar-refractivity contribution in [3.63, 3.8) is 0 Å². The normalized spacial score (nSPS) is 11.6. The number of benzene rings is 1. The summed E-state index contributed by atoms with van der Waals surface area (Å²) in [5, 5.41) is 7.03. The van der Waals surface area contributed by atoms with E-state index in [2.05, 4.69) is 20.6 Å². The number of aryl methyl sites for hydroxylation is 2. The minimum absolute atomic E-state index is 0. The maximum Gasteiger partial charge on any atom is 0.416 e. The van der Waals surface area contributed by atoms with E-state index in [4.69, 9.17) is 0 Å². The van der Waals surface area contributed by atoms with Gasteiger partial charge in [0.1, 0.15) is 0 Å². The Kier molecular flexibility index (Phi) is 10.7. The molecule has 11 heteroatoms. The SMILES string of the molecule is Cc1nc(CCNC(=NCc2cccc(C(F)(F)F)c2)NCC(=O)N(C)C)sc1C.I. The molecule has 1 amide bonds. The Morgan fingerprint density at radius 1 is 1.23 bits per heavy atom. The molecule has 0 aliphatic rings. The summed E-state index contributed by atoms with van der Waals surface area (Å²) in [6, 6.07) is 5.05. The molecule has 0 aliphatic carbocycles. The number of aliphatic imine (C=N–C) groups is 1. The highest BCUT2D eigenvalue weighted by molar-refractivity contribution is 14.0. The Morgan fingerprint density at radius 2 is 1.94 bits per heavy atom. The molecule has 2 rings (SSSR count). The van der Waals surface area contributed by atoms with Crippen LogP contribution in [0, 0.1) is 13.8 Å². The number of hydrogen-bond donors (Lipinski definition) is 2. The van der Waals surface area contributed by atoms with E-state index in [0.29, 0.717) is 24.5 Å². The minimum Gasteiger partial charge on any atom is -0.356 e. The number of amides is 1. The van der Waals surface area contributed by atoms with Crippen molar-refractivity contribution < 1.29 is 18.0 Å². The molecule has 1 aromatic heterocycles. The number of aromatic nitrogens is 1. The van der Waals surface area contributed by atoms with Crippen LogP contribution in [0.2, 0.25) is 0 Å². The molecule has 31 heavy (non-hydrogen) atoms. The molecule has 172 valence electrons. The number of nitrogens with zero attached hydrogens (tertiary/aromatic N) is 3. The maximum absolute atomic E-state index is 12.9. The monoisotopic (exact) mass is 569 g/mol.